The van der Waals surface area contributed by atoms with Crippen LogP contribution in [0.2, 0.25) is 0 Å². The van der Waals surface area contributed by atoms with E-state index in [1.165, 1.54) is 61.7 Å². The average molecular weight is 289 g/mol. The van der Waals surface area contributed by atoms with E-state index in [1.807, 2.05) is 17.9 Å². The van der Waals surface area contributed by atoms with E-state index in [0.717, 1.165) is 0 Å². The van der Waals surface area contributed by atoms with Crippen LogP contribution >= 0.6 is 0 Å². The number of aromatic nitrogens is 2. The number of aryl methyl sites for hydroxylation is 2. The number of benzene rings is 1. The molecule has 1 aromatic carbocycles. The van der Waals surface area contributed by atoms with Crippen molar-refractivity contribution in [2.75, 3.05) is 13.1 Å². The Bertz CT molecular complexity index is 494. The third-order valence-electron chi connectivity index (χ3n) is 3.54. The second-order valence-corrected chi connectivity index (χ2v) is 5.64. The lowest BCUT2D eigenvalue weighted by atomic mass is 10.2. The van der Waals surface area contributed by atoms with Crippen molar-refractivity contribution < 1.29 is 0 Å². The molecule has 0 unspecified atom stereocenters. The lowest BCUT2D eigenvalue weighted by Crippen LogP contribution is -2.15. The van der Waals surface area contributed by atoms with Crippen LogP contribution in [0.25, 0.3) is 10.9 Å². The summed E-state index contributed by atoms with van der Waals surface area (Å²) in [6.45, 7) is 8.95. The molecule has 3 heteroatoms. The minimum atomic E-state index is 1.19. The SMILES string of the molecule is CCCCCCNCCC.Cc1ccc2c(cnn2C)c1. The minimum absolute atomic E-state index is 1.19. The molecule has 0 aliphatic rings. The molecule has 1 heterocycles. The Morgan fingerprint density at radius 2 is 1.86 bits per heavy atom. The Morgan fingerprint density at radius 3 is 2.57 bits per heavy atom. The summed E-state index contributed by atoms with van der Waals surface area (Å²) in [6.07, 6.45) is 8.64. The van der Waals surface area contributed by atoms with Crippen molar-refractivity contribution >= 4 is 10.9 Å². The average Bonchev–Trinajstić information content (AvgIpc) is 2.84. The summed E-state index contributed by atoms with van der Waals surface area (Å²) in [5.74, 6) is 0. The van der Waals surface area contributed by atoms with Crippen LogP contribution in [0.4, 0.5) is 0 Å². The van der Waals surface area contributed by atoms with Crippen molar-refractivity contribution in [2.24, 2.45) is 7.05 Å². The van der Waals surface area contributed by atoms with Crippen molar-refractivity contribution in [1.82, 2.24) is 15.1 Å². The first-order chi connectivity index (χ1) is 10.2. The van der Waals surface area contributed by atoms with Crippen LogP contribution in [0.1, 0.15) is 51.5 Å². The molecule has 0 saturated carbocycles. The van der Waals surface area contributed by atoms with Crippen LogP contribution < -0.4 is 5.32 Å². The molecule has 0 aliphatic carbocycles. The summed E-state index contributed by atoms with van der Waals surface area (Å²) in [7, 11) is 1.96. The summed E-state index contributed by atoms with van der Waals surface area (Å²) in [4.78, 5) is 0. The number of nitrogens with one attached hydrogen (secondary N) is 1. The quantitative estimate of drug-likeness (QED) is 0.763. The fourth-order valence-corrected chi connectivity index (χ4v) is 2.26. The number of nitrogens with zero attached hydrogens (tertiary/aromatic N) is 2. The molecular formula is C18H31N3. The summed E-state index contributed by atoms with van der Waals surface area (Å²) < 4.78 is 1.88. The van der Waals surface area contributed by atoms with Gasteiger partial charge in [0, 0.05) is 12.4 Å². The van der Waals surface area contributed by atoms with E-state index in [2.05, 4.69) is 49.4 Å². The second kappa shape index (κ2) is 10.4. The molecule has 0 spiro atoms. The third-order valence-corrected chi connectivity index (χ3v) is 3.54. The van der Waals surface area contributed by atoms with Gasteiger partial charge in [0.1, 0.15) is 0 Å². The van der Waals surface area contributed by atoms with Gasteiger partial charge >= 0.3 is 0 Å². The van der Waals surface area contributed by atoms with Crippen LogP contribution in [0, 0.1) is 6.92 Å². The van der Waals surface area contributed by atoms with E-state index in [0.29, 0.717) is 0 Å². The summed E-state index contributed by atoms with van der Waals surface area (Å²) in [5.41, 5.74) is 2.47. The summed E-state index contributed by atoms with van der Waals surface area (Å²) in [5, 5.41) is 8.76. The minimum Gasteiger partial charge on any atom is -0.317 e. The van der Waals surface area contributed by atoms with E-state index in [-0.39, 0.29) is 0 Å². The summed E-state index contributed by atoms with van der Waals surface area (Å²) >= 11 is 0. The highest BCUT2D eigenvalue weighted by molar-refractivity contribution is 5.79. The standard InChI is InChI=1S/C9H10N2.C9H21N/c1-7-3-4-9-8(5-7)6-10-11(9)2;1-3-5-6-7-9-10-8-4-2/h3-6H,1-2H3;10H,3-9H2,1-2H3. The molecule has 3 nitrogen and oxygen atoms in total. The Hall–Kier alpha value is -1.35. The number of unbranched alkanes of at least 4 members (excludes halogenated alkanes) is 3. The highest BCUT2D eigenvalue weighted by Gasteiger charge is 1.96. The molecular weight excluding hydrogens is 258 g/mol. The second-order valence-electron chi connectivity index (χ2n) is 5.64. The lowest BCUT2D eigenvalue weighted by Gasteiger charge is -2.00. The molecule has 1 aromatic heterocycles. The molecule has 0 saturated heterocycles. The van der Waals surface area contributed by atoms with Crippen LogP contribution in [-0.4, -0.2) is 22.9 Å². The maximum atomic E-state index is 4.15. The van der Waals surface area contributed by atoms with Crippen molar-refractivity contribution in [3.05, 3.63) is 30.0 Å². The van der Waals surface area contributed by atoms with Crippen LogP contribution in [0.15, 0.2) is 24.4 Å². The fraction of sp³-hybridized carbons (Fsp3) is 0.611. The van der Waals surface area contributed by atoms with Crippen LogP contribution in [0.5, 0.6) is 0 Å². The molecule has 21 heavy (non-hydrogen) atoms. The molecule has 0 bridgehead atoms. The molecule has 0 aliphatic heterocycles. The molecule has 0 amide bonds. The maximum absolute atomic E-state index is 4.15. The predicted octanol–water partition coefficient (Wildman–Crippen LogP) is 4.45. The van der Waals surface area contributed by atoms with Crippen LogP contribution in [0.3, 0.4) is 0 Å². The Kier molecular flexibility index (Phi) is 8.76. The first-order valence-corrected chi connectivity index (χ1v) is 8.28. The molecule has 2 rings (SSSR count). The van der Waals surface area contributed by atoms with Gasteiger partial charge in [-0.1, -0.05) is 44.7 Å². The molecule has 0 atom stereocenters. The van der Waals surface area contributed by atoms with Crippen molar-refractivity contribution in [3.8, 4) is 0 Å². The first-order valence-electron chi connectivity index (χ1n) is 8.28. The topological polar surface area (TPSA) is 29.9 Å². The van der Waals surface area contributed by atoms with Gasteiger partial charge < -0.3 is 5.32 Å². The number of hydrogen-bond acceptors (Lipinski definition) is 2. The predicted molar refractivity (Wildman–Crippen MR) is 92.8 cm³/mol. The Balaban J connectivity index is 0.000000212. The van der Waals surface area contributed by atoms with Crippen molar-refractivity contribution in [2.45, 2.75) is 52.9 Å². The Labute approximate surface area is 129 Å². The van der Waals surface area contributed by atoms with Gasteiger partial charge in [0.2, 0.25) is 0 Å². The zero-order chi connectivity index (χ0) is 15.5. The zero-order valence-electron chi connectivity index (χ0n) is 14.2. The lowest BCUT2D eigenvalue weighted by molar-refractivity contribution is 0.594. The van der Waals surface area contributed by atoms with E-state index < -0.39 is 0 Å². The third kappa shape index (κ3) is 6.76. The van der Waals surface area contributed by atoms with Gasteiger partial charge in [0.25, 0.3) is 0 Å². The maximum Gasteiger partial charge on any atom is 0.0679 e. The van der Waals surface area contributed by atoms with Gasteiger partial charge in [-0.25, -0.2) is 0 Å². The monoisotopic (exact) mass is 289 g/mol. The van der Waals surface area contributed by atoms with Gasteiger partial charge in [-0.2, -0.15) is 5.10 Å². The van der Waals surface area contributed by atoms with Gasteiger partial charge in [-0.15, -0.1) is 0 Å². The van der Waals surface area contributed by atoms with Gasteiger partial charge in [-0.3, -0.25) is 4.68 Å². The summed E-state index contributed by atoms with van der Waals surface area (Å²) in [6, 6.07) is 6.34. The molecule has 1 N–H and O–H groups in total. The van der Waals surface area contributed by atoms with Crippen LogP contribution in [-0.2, 0) is 7.05 Å². The number of hydrogen-bond donors (Lipinski definition) is 1. The van der Waals surface area contributed by atoms with E-state index in [1.54, 1.807) is 0 Å². The fourth-order valence-electron chi connectivity index (χ4n) is 2.26. The first kappa shape index (κ1) is 17.7. The van der Waals surface area contributed by atoms with Gasteiger partial charge in [0.05, 0.1) is 11.7 Å². The number of rotatable bonds is 7. The largest absolute Gasteiger partial charge is 0.317 e. The van der Waals surface area contributed by atoms with E-state index in [9.17, 15) is 0 Å². The highest BCUT2D eigenvalue weighted by atomic mass is 15.2. The Morgan fingerprint density at radius 1 is 1.05 bits per heavy atom. The highest BCUT2D eigenvalue weighted by Crippen LogP contribution is 2.13. The van der Waals surface area contributed by atoms with E-state index >= 15 is 0 Å². The molecule has 0 fully saturated rings. The normalized spacial score (nSPS) is 10.5. The van der Waals surface area contributed by atoms with E-state index in [4.69, 9.17) is 0 Å². The number of fused-ring (bicyclic) bond motifs is 1. The zero-order valence-corrected chi connectivity index (χ0v) is 14.2. The van der Waals surface area contributed by atoms with Gasteiger partial charge in [0.15, 0.2) is 0 Å². The van der Waals surface area contributed by atoms with Crippen molar-refractivity contribution in [3.63, 3.8) is 0 Å². The smallest absolute Gasteiger partial charge is 0.0679 e. The van der Waals surface area contributed by atoms with Crippen molar-refractivity contribution in [1.29, 1.82) is 0 Å². The molecule has 0 radical (unpaired) electrons. The molecule has 118 valence electrons. The molecule has 2 aromatic rings. The van der Waals surface area contributed by atoms with Gasteiger partial charge in [-0.05, 0) is 45.0 Å².